The summed E-state index contributed by atoms with van der Waals surface area (Å²) in [5.74, 6) is 0.967. The second-order valence-corrected chi connectivity index (χ2v) is 6.99. The van der Waals surface area contributed by atoms with E-state index in [-0.39, 0.29) is 6.10 Å². The Kier molecular flexibility index (Phi) is 4.59. The van der Waals surface area contributed by atoms with Gasteiger partial charge in [-0.3, -0.25) is 4.68 Å². The molecule has 4 rings (SSSR count). The maximum absolute atomic E-state index is 6.02. The molecule has 25 heavy (non-hydrogen) atoms. The van der Waals surface area contributed by atoms with Gasteiger partial charge < -0.3 is 14.8 Å². The van der Waals surface area contributed by atoms with E-state index < -0.39 is 0 Å². The number of fused-ring (bicyclic) bond motifs is 1. The highest BCUT2D eigenvalue weighted by atomic mass is 16.5. The number of nitrogens with zero attached hydrogens (tertiary/aromatic N) is 2. The van der Waals surface area contributed by atoms with E-state index in [1.54, 1.807) is 0 Å². The van der Waals surface area contributed by atoms with Gasteiger partial charge in [-0.1, -0.05) is 18.2 Å². The topological polar surface area (TPSA) is 48.3 Å². The van der Waals surface area contributed by atoms with Crippen LogP contribution in [0.3, 0.4) is 0 Å². The first-order valence-corrected chi connectivity index (χ1v) is 9.02. The number of rotatable bonds is 5. The number of hydrogen-bond donors (Lipinski definition) is 1. The molecule has 0 amide bonds. The van der Waals surface area contributed by atoms with Crippen molar-refractivity contribution in [2.45, 2.75) is 38.5 Å². The van der Waals surface area contributed by atoms with Gasteiger partial charge in [0.15, 0.2) is 0 Å². The fourth-order valence-corrected chi connectivity index (χ4v) is 3.60. The summed E-state index contributed by atoms with van der Waals surface area (Å²) in [7, 11) is 0. The standard InChI is InChI=1S/C20H25N3O2/c1-14(2)23-18(7-9-22-23)20-17(8-10-24-20)21-12-15-11-16-5-3-4-6-19(16)25-13-15/h3-7,9,11,14,17,20-21H,8,10,12-13H2,1-2H3/t17-,20-/m0/s1. The molecule has 3 heterocycles. The fourth-order valence-electron chi connectivity index (χ4n) is 3.60. The lowest BCUT2D eigenvalue weighted by Crippen LogP contribution is -2.35. The van der Waals surface area contributed by atoms with Crippen molar-refractivity contribution in [1.82, 2.24) is 15.1 Å². The van der Waals surface area contributed by atoms with E-state index in [0.717, 1.165) is 36.6 Å². The SMILES string of the molecule is CC(C)n1nccc1[C@H]1OCC[C@@H]1NCC1=Cc2ccccc2OC1. The van der Waals surface area contributed by atoms with Crippen molar-refractivity contribution in [3.63, 3.8) is 0 Å². The Hall–Kier alpha value is -2.11. The van der Waals surface area contributed by atoms with Crippen molar-refractivity contribution < 1.29 is 9.47 Å². The molecule has 0 radical (unpaired) electrons. The van der Waals surface area contributed by atoms with Crippen molar-refractivity contribution in [3.05, 3.63) is 53.4 Å². The Labute approximate surface area is 148 Å². The lowest BCUT2D eigenvalue weighted by molar-refractivity contribution is 0.0906. The molecule has 5 nitrogen and oxygen atoms in total. The van der Waals surface area contributed by atoms with Crippen LogP contribution in [0.4, 0.5) is 0 Å². The first-order chi connectivity index (χ1) is 12.2. The number of nitrogens with one attached hydrogen (secondary N) is 1. The van der Waals surface area contributed by atoms with Crippen LogP contribution in [0.15, 0.2) is 42.1 Å². The van der Waals surface area contributed by atoms with E-state index in [9.17, 15) is 0 Å². The highest BCUT2D eigenvalue weighted by Crippen LogP contribution is 2.31. The van der Waals surface area contributed by atoms with Crippen molar-refractivity contribution in [2.75, 3.05) is 19.8 Å². The first-order valence-electron chi connectivity index (χ1n) is 9.02. The van der Waals surface area contributed by atoms with E-state index in [2.05, 4.69) is 47.2 Å². The van der Waals surface area contributed by atoms with E-state index in [4.69, 9.17) is 9.47 Å². The van der Waals surface area contributed by atoms with E-state index in [0.29, 0.717) is 18.7 Å². The monoisotopic (exact) mass is 339 g/mol. The van der Waals surface area contributed by atoms with Crippen LogP contribution in [0.25, 0.3) is 6.08 Å². The zero-order chi connectivity index (χ0) is 17.2. The molecule has 0 aliphatic carbocycles. The molecular formula is C20H25N3O2. The molecular weight excluding hydrogens is 314 g/mol. The van der Waals surface area contributed by atoms with Crippen LogP contribution in [0.1, 0.15) is 43.7 Å². The predicted molar refractivity (Wildman–Crippen MR) is 97.6 cm³/mol. The van der Waals surface area contributed by atoms with E-state index >= 15 is 0 Å². The normalized spacial score (nSPS) is 22.6. The summed E-state index contributed by atoms with van der Waals surface area (Å²) in [5.41, 5.74) is 3.58. The molecule has 0 saturated carbocycles. The number of ether oxygens (including phenoxy) is 2. The highest BCUT2D eigenvalue weighted by Gasteiger charge is 2.32. The summed E-state index contributed by atoms with van der Waals surface area (Å²) in [6, 6.07) is 10.9. The number of hydrogen-bond acceptors (Lipinski definition) is 4. The summed E-state index contributed by atoms with van der Waals surface area (Å²) in [6.07, 6.45) is 5.17. The summed E-state index contributed by atoms with van der Waals surface area (Å²) in [4.78, 5) is 0. The van der Waals surface area contributed by atoms with E-state index in [1.165, 1.54) is 5.57 Å². The van der Waals surface area contributed by atoms with Crippen molar-refractivity contribution in [3.8, 4) is 5.75 Å². The smallest absolute Gasteiger partial charge is 0.127 e. The van der Waals surface area contributed by atoms with Crippen molar-refractivity contribution >= 4 is 6.08 Å². The fraction of sp³-hybridized carbons (Fsp3) is 0.450. The second kappa shape index (κ2) is 7.02. The molecule has 0 bridgehead atoms. The van der Waals surface area contributed by atoms with Crippen molar-refractivity contribution in [2.24, 2.45) is 0 Å². The lowest BCUT2D eigenvalue weighted by Gasteiger charge is -2.24. The Morgan fingerprint density at radius 3 is 3.04 bits per heavy atom. The number of benzene rings is 1. The largest absolute Gasteiger partial charge is 0.489 e. The van der Waals surface area contributed by atoms with Crippen LogP contribution in [0, 0.1) is 0 Å². The van der Waals surface area contributed by atoms with Crippen LogP contribution < -0.4 is 10.1 Å². The summed E-state index contributed by atoms with van der Waals surface area (Å²) in [6.45, 7) is 6.54. The van der Waals surface area contributed by atoms with Gasteiger partial charge in [-0.2, -0.15) is 5.10 Å². The van der Waals surface area contributed by atoms with E-state index in [1.807, 2.05) is 24.4 Å². The van der Waals surface area contributed by atoms with Crippen LogP contribution >= 0.6 is 0 Å². The summed E-state index contributed by atoms with van der Waals surface area (Å²) >= 11 is 0. The third-order valence-corrected chi connectivity index (χ3v) is 4.86. The zero-order valence-corrected chi connectivity index (χ0v) is 14.8. The molecule has 1 aromatic carbocycles. The molecule has 2 atom stereocenters. The molecule has 2 aromatic rings. The minimum atomic E-state index is 0.0577. The van der Waals surface area contributed by atoms with Gasteiger partial charge in [0.1, 0.15) is 18.5 Å². The second-order valence-electron chi connectivity index (χ2n) is 6.99. The van der Waals surface area contributed by atoms with Gasteiger partial charge in [-0.25, -0.2) is 0 Å². The third kappa shape index (κ3) is 3.34. The van der Waals surface area contributed by atoms with Crippen LogP contribution in [-0.2, 0) is 4.74 Å². The third-order valence-electron chi connectivity index (χ3n) is 4.86. The molecule has 1 N–H and O–H groups in total. The van der Waals surface area contributed by atoms with Gasteiger partial charge in [-0.05, 0) is 44.1 Å². The van der Waals surface area contributed by atoms with Gasteiger partial charge >= 0.3 is 0 Å². The van der Waals surface area contributed by atoms with Gasteiger partial charge in [0.25, 0.3) is 0 Å². The Balaban J connectivity index is 1.44. The zero-order valence-electron chi connectivity index (χ0n) is 14.8. The first kappa shape index (κ1) is 16.4. The minimum absolute atomic E-state index is 0.0577. The molecule has 0 spiro atoms. The molecule has 0 unspecified atom stereocenters. The quantitative estimate of drug-likeness (QED) is 0.907. The number of aromatic nitrogens is 2. The molecule has 5 heteroatoms. The summed E-state index contributed by atoms with van der Waals surface area (Å²) < 4.78 is 13.9. The Morgan fingerprint density at radius 2 is 2.16 bits per heavy atom. The lowest BCUT2D eigenvalue weighted by atomic mass is 10.0. The molecule has 132 valence electrons. The van der Waals surface area contributed by atoms with Gasteiger partial charge in [0.2, 0.25) is 0 Å². The molecule has 2 aliphatic rings. The van der Waals surface area contributed by atoms with Gasteiger partial charge in [0, 0.05) is 37.0 Å². The van der Waals surface area contributed by atoms with Gasteiger partial charge in [-0.15, -0.1) is 0 Å². The van der Waals surface area contributed by atoms with Crippen LogP contribution in [0.5, 0.6) is 5.75 Å². The highest BCUT2D eigenvalue weighted by molar-refractivity contribution is 5.62. The molecule has 2 aliphatic heterocycles. The molecule has 1 fully saturated rings. The van der Waals surface area contributed by atoms with Gasteiger partial charge in [0.05, 0.1) is 5.69 Å². The molecule has 1 aromatic heterocycles. The molecule has 1 saturated heterocycles. The maximum atomic E-state index is 6.02. The summed E-state index contributed by atoms with van der Waals surface area (Å²) in [5, 5.41) is 8.12. The minimum Gasteiger partial charge on any atom is -0.489 e. The maximum Gasteiger partial charge on any atom is 0.127 e. The van der Waals surface area contributed by atoms with Crippen molar-refractivity contribution in [1.29, 1.82) is 0 Å². The average molecular weight is 339 g/mol. The predicted octanol–water partition coefficient (Wildman–Crippen LogP) is 3.36. The Morgan fingerprint density at radius 1 is 1.28 bits per heavy atom. The average Bonchev–Trinajstić information content (AvgIpc) is 3.28. The van der Waals surface area contributed by atoms with Crippen LogP contribution in [0.2, 0.25) is 0 Å². The Bertz CT molecular complexity index is 766. The number of para-hydroxylation sites is 1. The van der Waals surface area contributed by atoms with Crippen LogP contribution in [-0.4, -0.2) is 35.6 Å².